The molecule has 0 aliphatic heterocycles. The lowest BCUT2D eigenvalue weighted by Crippen LogP contribution is -2.42. The van der Waals surface area contributed by atoms with Crippen LogP contribution < -0.4 is 0 Å². The van der Waals surface area contributed by atoms with E-state index < -0.39 is 45.8 Å². The molecule has 0 aliphatic rings. The van der Waals surface area contributed by atoms with Crippen LogP contribution in [0.2, 0.25) is 18.1 Å². The lowest BCUT2D eigenvalue weighted by Gasteiger charge is -2.37. The minimum Gasteiger partial charge on any atom is -0.466 e. The molecule has 0 bridgehead atoms. The number of rotatable bonds is 14. The van der Waals surface area contributed by atoms with E-state index in [1.807, 2.05) is 0 Å². The van der Waals surface area contributed by atoms with E-state index in [1.54, 1.807) is 43.3 Å². The number of esters is 1. The molecule has 0 saturated carbocycles. The van der Waals surface area contributed by atoms with Crippen molar-refractivity contribution < 1.29 is 30.8 Å². The number of carbonyl (C=O) groups is 1. The van der Waals surface area contributed by atoms with Gasteiger partial charge in [-0.1, -0.05) is 57.2 Å². The predicted molar refractivity (Wildman–Crippen MR) is 153 cm³/mol. The smallest absolute Gasteiger partial charge is 0.306 e. The fraction of sp³-hybridized carbons (Fsp3) is 0.536. The molecule has 0 saturated heterocycles. The van der Waals surface area contributed by atoms with E-state index in [0.717, 1.165) is 0 Å². The number of hydrogen-bond donors (Lipinski definition) is 0. The van der Waals surface area contributed by atoms with Crippen molar-refractivity contribution >= 4 is 34.0 Å². The third-order valence-corrected chi connectivity index (χ3v) is 15.3. The predicted octanol–water partition coefficient (Wildman–Crippen LogP) is 5.53. The molecule has 0 radical (unpaired) electrons. The van der Waals surface area contributed by atoms with Crippen LogP contribution in [0.15, 0.2) is 70.5 Å². The van der Waals surface area contributed by atoms with E-state index in [1.165, 1.54) is 24.3 Å². The van der Waals surface area contributed by atoms with E-state index in [0.29, 0.717) is 0 Å². The molecule has 1 unspecified atom stereocenters. The van der Waals surface area contributed by atoms with Crippen LogP contribution in [0.3, 0.4) is 0 Å². The van der Waals surface area contributed by atoms with Crippen molar-refractivity contribution in [3.63, 3.8) is 0 Å². The molecule has 2 aromatic carbocycles. The highest BCUT2D eigenvalue weighted by Crippen LogP contribution is 2.37. The molecule has 1 atom stereocenters. The molecule has 0 N–H and O–H groups in total. The summed E-state index contributed by atoms with van der Waals surface area (Å²) < 4.78 is 64.8. The first-order valence-corrected chi connectivity index (χ1v) is 19.1. The molecule has 2 rings (SSSR count). The van der Waals surface area contributed by atoms with Crippen LogP contribution in [0.4, 0.5) is 0 Å². The first-order valence-electron chi connectivity index (χ1n) is 12.9. The van der Waals surface area contributed by atoms with E-state index in [-0.39, 0.29) is 52.4 Å². The van der Waals surface area contributed by atoms with Gasteiger partial charge < -0.3 is 9.16 Å². The zero-order chi connectivity index (χ0) is 28.6. The molecule has 0 aromatic heterocycles. The summed E-state index contributed by atoms with van der Waals surface area (Å²) in [5, 5.41) is -0.0613. The first-order chi connectivity index (χ1) is 17.6. The largest absolute Gasteiger partial charge is 0.466 e. The summed E-state index contributed by atoms with van der Waals surface area (Å²) in [6, 6.07) is 16.0. The molecule has 10 heteroatoms. The number of sulfone groups is 2. The number of benzene rings is 2. The maximum atomic E-state index is 13.3. The van der Waals surface area contributed by atoms with Crippen LogP contribution in [-0.4, -0.2) is 55.8 Å². The molecule has 0 fully saturated rings. The van der Waals surface area contributed by atoms with Crippen LogP contribution in [-0.2, 0) is 33.6 Å². The zero-order valence-electron chi connectivity index (χ0n) is 23.3. The van der Waals surface area contributed by atoms with Gasteiger partial charge in [0.05, 0.1) is 34.3 Å². The summed E-state index contributed by atoms with van der Waals surface area (Å²) in [7, 11) is -9.73. The van der Waals surface area contributed by atoms with Gasteiger partial charge in [-0.05, 0) is 67.6 Å². The SMILES string of the molecule is CCOC(=O)CC(CO[Si](C)(C)C(C)(C)C)CC(CS(=O)(=O)c1ccccc1)CS(=O)(=O)c1ccccc1. The maximum absolute atomic E-state index is 13.3. The van der Waals surface area contributed by atoms with Gasteiger partial charge in [-0.2, -0.15) is 0 Å². The quantitative estimate of drug-likeness (QED) is 0.213. The molecule has 7 nitrogen and oxygen atoms in total. The second-order valence-electron chi connectivity index (χ2n) is 11.2. The standard InChI is InChI=1S/C28H42O7S2Si/c1-7-34-27(29)19-23(20-35-38(5,6)28(2,3)4)18-24(21-36(30,31)25-14-10-8-11-15-25)22-37(32,33)26-16-12-9-13-17-26/h8-17,23-24H,7,18-22H2,1-6H3. The molecule has 0 aliphatic carbocycles. The average Bonchev–Trinajstić information content (AvgIpc) is 2.82. The number of hydrogen-bond acceptors (Lipinski definition) is 7. The van der Waals surface area contributed by atoms with Gasteiger partial charge in [0.1, 0.15) is 0 Å². The molecule has 0 amide bonds. The third kappa shape index (κ3) is 9.62. The van der Waals surface area contributed by atoms with Gasteiger partial charge in [-0.25, -0.2) is 16.8 Å². The first kappa shape index (κ1) is 32.2. The van der Waals surface area contributed by atoms with Crippen LogP contribution in [0.5, 0.6) is 0 Å². The third-order valence-electron chi connectivity index (χ3n) is 7.03. The highest BCUT2D eigenvalue weighted by molar-refractivity contribution is 7.92. The van der Waals surface area contributed by atoms with Crippen molar-refractivity contribution in [2.24, 2.45) is 11.8 Å². The van der Waals surface area contributed by atoms with Gasteiger partial charge in [0.15, 0.2) is 28.0 Å². The summed E-state index contributed by atoms with van der Waals surface area (Å²) in [6.45, 7) is 12.7. The summed E-state index contributed by atoms with van der Waals surface area (Å²) in [4.78, 5) is 12.7. The monoisotopic (exact) mass is 582 g/mol. The Morgan fingerprint density at radius 2 is 1.26 bits per heavy atom. The summed E-state index contributed by atoms with van der Waals surface area (Å²) in [5.74, 6) is -2.28. The molecule has 0 heterocycles. The Hall–Kier alpha value is -2.01. The lowest BCUT2D eigenvalue weighted by atomic mass is 9.95. The summed E-state index contributed by atoms with van der Waals surface area (Å²) in [6.07, 6.45) is 0.210. The Balaban J connectivity index is 2.40. The highest BCUT2D eigenvalue weighted by atomic mass is 32.2. The van der Waals surface area contributed by atoms with E-state index in [4.69, 9.17) is 9.16 Å². The van der Waals surface area contributed by atoms with Crippen molar-refractivity contribution in [2.75, 3.05) is 24.7 Å². The van der Waals surface area contributed by atoms with Gasteiger partial charge in [-0.15, -0.1) is 0 Å². The fourth-order valence-electron chi connectivity index (χ4n) is 3.93. The number of ether oxygens (including phenoxy) is 1. The Bertz CT molecular complexity index is 1170. The molecule has 38 heavy (non-hydrogen) atoms. The second kappa shape index (κ2) is 13.4. The van der Waals surface area contributed by atoms with Crippen LogP contribution in [0, 0.1) is 11.8 Å². The number of carbonyl (C=O) groups excluding carboxylic acids is 1. The fourth-order valence-corrected chi connectivity index (χ4v) is 8.45. The van der Waals surface area contributed by atoms with Crippen molar-refractivity contribution in [3.05, 3.63) is 60.7 Å². The van der Waals surface area contributed by atoms with E-state index >= 15 is 0 Å². The Kier molecular flexibility index (Phi) is 11.3. The van der Waals surface area contributed by atoms with Crippen molar-refractivity contribution in [3.8, 4) is 0 Å². The van der Waals surface area contributed by atoms with E-state index in [2.05, 4.69) is 33.9 Å². The Morgan fingerprint density at radius 1 is 0.816 bits per heavy atom. The van der Waals surface area contributed by atoms with Gasteiger partial charge in [0.2, 0.25) is 0 Å². The summed E-state index contributed by atoms with van der Waals surface area (Å²) >= 11 is 0. The van der Waals surface area contributed by atoms with Gasteiger partial charge >= 0.3 is 5.97 Å². The minimum absolute atomic E-state index is 0.0235. The zero-order valence-corrected chi connectivity index (χ0v) is 26.0. The molecule has 212 valence electrons. The Labute approximate surface area is 229 Å². The molecule has 0 spiro atoms. The van der Waals surface area contributed by atoms with Crippen molar-refractivity contribution in [2.45, 2.75) is 68.5 Å². The highest BCUT2D eigenvalue weighted by Gasteiger charge is 2.38. The van der Waals surface area contributed by atoms with Gasteiger partial charge in [0, 0.05) is 6.61 Å². The average molecular weight is 583 g/mol. The minimum atomic E-state index is -3.78. The second-order valence-corrected chi connectivity index (χ2v) is 20.1. The van der Waals surface area contributed by atoms with Crippen LogP contribution >= 0.6 is 0 Å². The normalized spacial score (nSPS) is 13.9. The Morgan fingerprint density at radius 3 is 1.66 bits per heavy atom. The lowest BCUT2D eigenvalue weighted by molar-refractivity contribution is -0.144. The van der Waals surface area contributed by atoms with Crippen LogP contribution in [0.25, 0.3) is 0 Å². The topological polar surface area (TPSA) is 104 Å². The van der Waals surface area contributed by atoms with Crippen LogP contribution in [0.1, 0.15) is 40.5 Å². The molecular formula is C28H42O7S2Si. The van der Waals surface area contributed by atoms with E-state index in [9.17, 15) is 21.6 Å². The van der Waals surface area contributed by atoms with Gasteiger partial charge in [-0.3, -0.25) is 4.79 Å². The van der Waals surface area contributed by atoms with Gasteiger partial charge in [0.25, 0.3) is 0 Å². The maximum Gasteiger partial charge on any atom is 0.306 e. The summed E-state index contributed by atoms with van der Waals surface area (Å²) in [5.41, 5.74) is 0. The van der Waals surface area contributed by atoms with Crippen molar-refractivity contribution in [1.29, 1.82) is 0 Å². The van der Waals surface area contributed by atoms with Crippen molar-refractivity contribution in [1.82, 2.24) is 0 Å². The molecular weight excluding hydrogens is 541 g/mol. The molecule has 2 aromatic rings.